The van der Waals surface area contributed by atoms with Crippen LogP contribution < -0.4 is 9.46 Å². The van der Waals surface area contributed by atoms with Crippen LogP contribution in [0.2, 0.25) is 0 Å². The third-order valence-electron chi connectivity index (χ3n) is 3.83. The predicted octanol–water partition coefficient (Wildman–Crippen LogP) is 2.55. The monoisotopic (exact) mass is 394 g/mol. The summed E-state index contributed by atoms with van der Waals surface area (Å²) in [6.45, 7) is 2.87. The number of halogens is 1. The second kappa shape index (κ2) is 9.48. The van der Waals surface area contributed by atoms with Crippen LogP contribution in [0.25, 0.3) is 0 Å². The fraction of sp³-hybridized carbons (Fsp3) is 0.316. The molecule has 27 heavy (non-hydrogen) atoms. The van der Waals surface area contributed by atoms with Crippen molar-refractivity contribution in [3.63, 3.8) is 0 Å². The Balaban J connectivity index is 1.83. The molecule has 0 aliphatic carbocycles. The summed E-state index contributed by atoms with van der Waals surface area (Å²) in [7, 11) is -2.11. The average molecular weight is 394 g/mol. The molecule has 2 aromatic rings. The number of rotatable bonds is 9. The lowest BCUT2D eigenvalue weighted by Crippen LogP contribution is -2.31. The van der Waals surface area contributed by atoms with Gasteiger partial charge in [0.2, 0.25) is 15.9 Å². The Kier molecular flexibility index (Phi) is 7.32. The van der Waals surface area contributed by atoms with Crippen LogP contribution >= 0.6 is 0 Å². The number of sulfonamides is 1. The maximum absolute atomic E-state index is 12.9. The van der Waals surface area contributed by atoms with Gasteiger partial charge in [0.25, 0.3) is 0 Å². The molecule has 146 valence electrons. The minimum Gasteiger partial charge on any atom is -0.494 e. The fourth-order valence-electron chi connectivity index (χ4n) is 2.40. The van der Waals surface area contributed by atoms with Crippen molar-refractivity contribution >= 4 is 15.9 Å². The first-order chi connectivity index (χ1) is 12.8. The van der Waals surface area contributed by atoms with E-state index in [1.54, 1.807) is 7.05 Å². The third-order valence-corrected chi connectivity index (χ3v) is 5.31. The van der Waals surface area contributed by atoms with Gasteiger partial charge in [-0.25, -0.2) is 17.5 Å². The minimum absolute atomic E-state index is 0.0218. The van der Waals surface area contributed by atoms with Crippen molar-refractivity contribution in [1.82, 2.24) is 9.62 Å². The highest BCUT2D eigenvalue weighted by Gasteiger charge is 2.15. The number of benzene rings is 2. The van der Waals surface area contributed by atoms with E-state index in [1.165, 1.54) is 17.0 Å². The summed E-state index contributed by atoms with van der Waals surface area (Å²) in [4.78, 5) is 13.7. The van der Waals surface area contributed by atoms with E-state index in [-0.39, 0.29) is 23.8 Å². The van der Waals surface area contributed by atoms with Crippen molar-refractivity contribution in [2.24, 2.45) is 0 Å². The molecule has 1 N–H and O–H groups in total. The number of hydrogen-bond donors (Lipinski definition) is 1. The number of amides is 1. The summed E-state index contributed by atoms with van der Waals surface area (Å²) < 4.78 is 44.8. The summed E-state index contributed by atoms with van der Waals surface area (Å²) in [5.74, 6) is 0.0659. The van der Waals surface area contributed by atoms with Gasteiger partial charge in [0.1, 0.15) is 11.6 Å². The van der Waals surface area contributed by atoms with Gasteiger partial charge >= 0.3 is 0 Å². The van der Waals surface area contributed by atoms with Crippen LogP contribution in [0.3, 0.4) is 0 Å². The molecule has 0 spiro atoms. The van der Waals surface area contributed by atoms with Gasteiger partial charge in [-0.1, -0.05) is 12.1 Å². The summed E-state index contributed by atoms with van der Waals surface area (Å²) >= 11 is 0. The molecule has 0 saturated heterocycles. The molecular formula is C19H23FN2O4S. The maximum atomic E-state index is 12.9. The number of hydrogen-bond acceptors (Lipinski definition) is 4. The van der Waals surface area contributed by atoms with E-state index in [1.807, 2.05) is 31.2 Å². The third kappa shape index (κ3) is 6.33. The molecule has 0 aromatic heterocycles. The molecule has 0 saturated carbocycles. The van der Waals surface area contributed by atoms with Crippen molar-refractivity contribution in [1.29, 1.82) is 0 Å². The standard InChI is InChI=1S/C19H23FN2O4S/c1-3-26-17-8-4-15(5-9-17)14-22(2)19(23)12-13-21-27(24,25)18-10-6-16(20)7-11-18/h4-11,21H,3,12-14H2,1-2H3. The highest BCUT2D eigenvalue weighted by Crippen LogP contribution is 2.14. The Labute approximate surface area is 159 Å². The van der Waals surface area contributed by atoms with Crippen LogP contribution in [0, 0.1) is 5.82 Å². The normalized spacial score (nSPS) is 11.2. The molecule has 0 heterocycles. The Hall–Kier alpha value is -2.45. The van der Waals surface area contributed by atoms with Gasteiger partial charge in [-0.05, 0) is 48.9 Å². The van der Waals surface area contributed by atoms with E-state index in [0.29, 0.717) is 13.2 Å². The summed E-state index contributed by atoms with van der Waals surface area (Å²) in [5, 5.41) is 0. The van der Waals surface area contributed by atoms with Gasteiger partial charge in [-0.15, -0.1) is 0 Å². The quantitative estimate of drug-likeness (QED) is 0.709. The predicted molar refractivity (Wildman–Crippen MR) is 100 cm³/mol. The van der Waals surface area contributed by atoms with E-state index in [4.69, 9.17) is 4.74 Å². The minimum atomic E-state index is -3.77. The van der Waals surface area contributed by atoms with Gasteiger partial charge in [0, 0.05) is 26.6 Å². The first-order valence-corrected chi connectivity index (χ1v) is 10.0. The van der Waals surface area contributed by atoms with E-state index in [2.05, 4.69) is 4.72 Å². The van der Waals surface area contributed by atoms with Crippen molar-refractivity contribution in [3.8, 4) is 5.75 Å². The SMILES string of the molecule is CCOc1ccc(CN(C)C(=O)CCNS(=O)(=O)c2ccc(F)cc2)cc1. The number of nitrogens with zero attached hydrogens (tertiary/aromatic N) is 1. The molecule has 0 bridgehead atoms. The van der Waals surface area contributed by atoms with E-state index < -0.39 is 15.8 Å². The Morgan fingerprint density at radius 2 is 1.74 bits per heavy atom. The number of ether oxygens (including phenoxy) is 1. The van der Waals surface area contributed by atoms with Crippen molar-refractivity contribution in [2.45, 2.75) is 24.8 Å². The van der Waals surface area contributed by atoms with Crippen molar-refractivity contribution < 1.29 is 22.3 Å². The van der Waals surface area contributed by atoms with Crippen LogP contribution in [0.15, 0.2) is 53.4 Å². The second-order valence-electron chi connectivity index (χ2n) is 5.93. The molecule has 0 aliphatic heterocycles. The van der Waals surface area contributed by atoms with Gasteiger partial charge in [-0.3, -0.25) is 4.79 Å². The zero-order valence-corrected chi connectivity index (χ0v) is 16.1. The van der Waals surface area contributed by atoms with Crippen LogP contribution in [0.4, 0.5) is 4.39 Å². The molecular weight excluding hydrogens is 371 g/mol. The zero-order valence-electron chi connectivity index (χ0n) is 15.3. The maximum Gasteiger partial charge on any atom is 0.240 e. The molecule has 2 aromatic carbocycles. The van der Waals surface area contributed by atoms with Gasteiger partial charge < -0.3 is 9.64 Å². The van der Waals surface area contributed by atoms with E-state index in [9.17, 15) is 17.6 Å². The molecule has 0 aliphatic rings. The molecule has 2 rings (SSSR count). The Morgan fingerprint density at radius 1 is 1.11 bits per heavy atom. The van der Waals surface area contributed by atoms with Crippen LogP contribution in [-0.4, -0.2) is 39.4 Å². The van der Waals surface area contributed by atoms with Gasteiger partial charge in [0.15, 0.2) is 0 Å². The van der Waals surface area contributed by atoms with E-state index in [0.717, 1.165) is 23.4 Å². The fourth-order valence-corrected chi connectivity index (χ4v) is 3.43. The van der Waals surface area contributed by atoms with Crippen molar-refractivity contribution in [3.05, 3.63) is 59.9 Å². The second-order valence-corrected chi connectivity index (χ2v) is 7.70. The zero-order chi connectivity index (χ0) is 19.9. The van der Waals surface area contributed by atoms with Crippen LogP contribution in [0.1, 0.15) is 18.9 Å². The van der Waals surface area contributed by atoms with E-state index >= 15 is 0 Å². The Morgan fingerprint density at radius 3 is 2.33 bits per heavy atom. The molecule has 0 unspecified atom stereocenters. The van der Waals surface area contributed by atoms with Crippen molar-refractivity contribution in [2.75, 3.05) is 20.2 Å². The highest BCUT2D eigenvalue weighted by molar-refractivity contribution is 7.89. The first-order valence-electron chi connectivity index (χ1n) is 8.53. The largest absolute Gasteiger partial charge is 0.494 e. The highest BCUT2D eigenvalue weighted by atomic mass is 32.2. The first kappa shape index (κ1) is 20.9. The average Bonchev–Trinajstić information content (AvgIpc) is 2.63. The molecule has 8 heteroatoms. The number of carbonyl (C=O) groups excluding carboxylic acids is 1. The lowest BCUT2D eigenvalue weighted by molar-refractivity contribution is -0.130. The van der Waals surface area contributed by atoms with Crippen LogP contribution in [0.5, 0.6) is 5.75 Å². The summed E-state index contributed by atoms with van der Waals surface area (Å²) in [5.41, 5.74) is 0.946. The summed E-state index contributed by atoms with van der Waals surface area (Å²) in [6, 6.07) is 11.9. The van der Waals surface area contributed by atoms with Gasteiger partial charge in [-0.2, -0.15) is 0 Å². The summed E-state index contributed by atoms with van der Waals surface area (Å²) in [6.07, 6.45) is 0.0218. The number of carbonyl (C=O) groups is 1. The smallest absolute Gasteiger partial charge is 0.240 e. The topological polar surface area (TPSA) is 75.7 Å². The lowest BCUT2D eigenvalue weighted by Gasteiger charge is -2.18. The molecule has 0 radical (unpaired) electrons. The molecule has 1 amide bonds. The molecule has 0 fully saturated rings. The van der Waals surface area contributed by atoms with Crippen LogP contribution in [-0.2, 0) is 21.4 Å². The van der Waals surface area contributed by atoms with Gasteiger partial charge in [0.05, 0.1) is 11.5 Å². The molecule has 6 nitrogen and oxygen atoms in total. The number of nitrogens with one attached hydrogen (secondary N) is 1. The molecule has 0 atom stereocenters. The lowest BCUT2D eigenvalue weighted by atomic mass is 10.2. The Bertz CT molecular complexity index is 852.